The highest BCUT2D eigenvalue weighted by Gasteiger charge is 2.05. The summed E-state index contributed by atoms with van der Waals surface area (Å²) >= 11 is 0. The van der Waals surface area contributed by atoms with E-state index in [2.05, 4.69) is 61.9 Å². The zero-order valence-corrected chi connectivity index (χ0v) is 12.4. The molecule has 0 bridgehead atoms. The van der Waals surface area contributed by atoms with Gasteiger partial charge in [-0.2, -0.15) is 0 Å². The van der Waals surface area contributed by atoms with Gasteiger partial charge >= 0.3 is 0 Å². The first kappa shape index (κ1) is 15.0. The van der Waals surface area contributed by atoms with Crippen LogP contribution < -0.4 is 4.90 Å². The molecular formula is C16H28N2. The molecule has 0 amide bonds. The molecule has 0 fully saturated rings. The zero-order valence-electron chi connectivity index (χ0n) is 12.4. The number of hydrogen-bond donors (Lipinski definition) is 0. The Morgan fingerprint density at radius 2 is 1.56 bits per heavy atom. The average Bonchev–Trinajstić information content (AvgIpc) is 2.40. The topological polar surface area (TPSA) is 6.48 Å². The molecular weight excluding hydrogens is 220 g/mol. The largest absolute Gasteiger partial charge is 0.371 e. The molecule has 0 saturated heterocycles. The van der Waals surface area contributed by atoms with Crippen LogP contribution in [0.5, 0.6) is 0 Å². The van der Waals surface area contributed by atoms with Gasteiger partial charge in [-0.25, -0.2) is 0 Å². The maximum atomic E-state index is 2.45. The summed E-state index contributed by atoms with van der Waals surface area (Å²) in [4.78, 5) is 4.86. The van der Waals surface area contributed by atoms with E-state index in [4.69, 9.17) is 0 Å². The molecule has 0 atom stereocenters. The number of benzene rings is 1. The predicted molar refractivity (Wildman–Crippen MR) is 81.5 cm³/mol. The van der Waals surface area contributed by atoms with E-state index in [-0.39, 0.29) is 0 Å². The number of anilines is 1. The van der Waals surface area contributed by atoms with Gasteiger partial charge in [-0.15, -0.1) is 0 Å². The van der Waals surface area contributed by atoms with Gasteiger partial charge < -0.3 is 9.80 Å². The van der Waals surface area contributed by atoms with Crippen LogP contribution in [0.25, 0.3) is 0 Å². The Labute approximate surface area is 113 Å². The standard InChI is InChI=1S/C16H28N2/c1-5-12-17(4)13-14-18(7-3)16-10-8-15(6-2)9-11-16/h8-11H,5-7,12-14H2,1-4H3. The van der Waals surface area contributed by atoms with Crippen molar-refractivity contribution in [3.8, 4) is 0 Å². The molecule has 0 unspecified atom stereocenters. The molecule has 0 saturated carbocycles. The summed E-state index contributed by atoms with van der Waals surface area (Å²) in [7, 11) is 2.21. The lowest BCUT2D eigenvalue weighted by molar-refractivity contribution is 0.341. The Morgan fingerprint density at radius 3 is 2.06 bits per heavy atom. The van der Waals surface area contributed by atoms with Crippen molar-refractivity contribution < 1.29 is 0 Å². The van der Waals surface area contributed by atoms with Crippen molar-refractivity contribution in [1.82, 2.24) is 4.90 Å². The maximum Gasteiger partial charge on any atom is 0.0366 e. The van der Waals surface area contributed by atoms with Crippen LogP contribution in [0.3, 0.4) is 0 Å². The van der Waals surface area contributed by atoms with Gasteiger partial charge in [0.2, 0.25) is 0 Å². The molecule has 1 aromatic carbocycles. The lowest BCUT2D eigenvalue weighted by Gasteiger charge is -2.26. The minimum atomic E-state index is 1.07. The normalized spacial score (nSPS) is 10.9. The summed E-state index contributed by atoms with van der Waals surface area (Å²) in [5, 5.41) is 0. The third-order valence-electron chi connectivity index (χ3n) is 3.45. The van der Waals surface area contributed by atoms with E-state index in [1.807, 2.05) is 0 Å². The van der Waals surface area contributed by atoms with Crippen molar-refractivity contribution in [3.63, 3.8) is 0 Å². The summed E-state index contributed by atoms with van der Waals surface area (Å²) in [5.74, 6) is 0. The van der Waals surface area contributed by atoms with Crippen molar-refractivity contribution in [2.75, 3.05) is 38.1 Å². The van der Waals surface area contributed by atoms with Crippen molar-refractivity contribution in [3.05, 3.63) is 29.8 Å². The van der Waals surface area contributed by atoms with Crippen LogP contribution in [0, 0.1) is 0 Å². The number of aryl methyl sites for hydroxylation is 1. The highest BCUT2D eigenvalue weighted by molar-refractivity contribution is 5.47. The van der Waals surface area contributed by atoms with Gasteiger partial charge in [0, 0.05) is 25.3 Å². The van der Waals surface area contributed by atoms with Gasteiger partial charge in [0.1, 0.15) is 0 Å². The molecule has 102 valence electrons. The van der Waals surface area contributed by atoms with Crippen LogP contribution in [0.1, 0.15) is 32.8 Å². The number of hydrogen-bond acceptors (Lipinski definition) is 2. The van der Waals surface area contributed by atoms with Crippen LogP contribution in [-0.2, 0) is 6.42 Å². The molecule has 0 heterocycles. The third kappa shape index (κ3) is 4.69. The van der Waals surface area contributed by atoms with Crippen LogP contribution in [-0.4, -0.2) is 38.1 Å². The lowest BCUT2D eigenvalue weighted by Crippen LogP contribution is -2.33. The number of likely N-dealkylation sites (N-methyl/N-ethyl adjacent to an activating group) is 2. The molecule has 0 radical (unpaired) electrons. The van der Waals surface area contributed by atoms with Crippen molar-refractivity contribution in [2.45, 2.75) is 33.6 Å². The van der Waals surface area contributed by atoms with Crippen LogP contribution in [0.2, 0.25) is 0 Å². The molecule has 1 rings (SSSR count). The second-order valence-electron chi connectivity index (χ2n) is 4.90. The Hall–Kier alpha value is -1.02. The van der Waals surface area contributed by atoms with Crippen molar-refractivity contribution in [2.24, 2.45) is 0 Å². The monoisotopic (exact) mass is 248 g/mol. The first-order chi connectivity index (χ1) is 8.71. The van der Waals surface area contributed by atoms with E-state index >= 15 is 0 Å². The highest BCUT2D eigenvalue weighted by Crippen LogP contribution is 2.15. The van der Waals surface area contributed by atoms with Gasteiger partial charge in [0.05, 0.1) is 0 Å². The van der Waals surface area contributed by atoms with Crippen molar-refractivity contribution >= 4 is 5.69 Å². The molecule has 18 heavy (non-hydrogen) atoms. The summed E-state index contributed by atoms with van der Waals surface area (Å²) in [6.07, 6.45) is 2.35. The van der Waals surface area contributed by atoms with E-state index in [0.717, 1.165) is 26.1 Å². The lowest BCUT2D eigenvalue weighted by atomic mass is 10.1. The first-order valence-electron chi connectivity index (χ1n) is 7.23. The number of rotatable bonds is 8. The molecule has 0 aliphatic heterocycles. The van der Waals surface area contributed by atoms with E-state index in [1.165, 1.54) is 24.2 Å². The van der Waals surface area contributed by atoms with Crippen LogP contribution in [0.4, 0.5) is 5.69 Å². The Balaban J connectivity index is 2.53. The zero-order chi connectivity index (χ0) is 13.4. The summed E-state index contributed by atoms with van der Waals surface area (Å²) in [6, 6.07) is 8.99. The van der Waals surface area contributed by atoms with Gasteiger partial charge in [-0.3, -0.25) is 0 Å². The second kappa shape index (κ2) is 8.15. The molecule has 0 aromatic heterocycles. The predicted octanol–water partition coefficient (Wildman–Crippen LogP) is 3.42. The molecule has 0 aliphatic carbocycles. The van der Waals surface area contributed by atoms with E-state index in [1.54, 1.807) is 0 Å². The number of nitrogens with zero attached hydrogens (tertiary/aromatic N) is 2. The van der Waals surface area contributed by atoms with Gasteiger partial charge in [0.25, 0.3) is 0 Å². The van der Waals surface area contributed by atoms with Gasteiger partial charge in [-0.1, -0.05) is 26.0 Å². The average molecular weight is 248 g/mol. The van der Waals surface area contributed by atoms with E-state index in [0.29, 0.717) is 0 Å². The minimum Gasteiger partial charge on any atom is -0.371 e. The minimum absolute atomic E-state index is 1.07. The fourth-order valence-electron chi connectivity index (χ4n) is 2.20. The SMILES string of the molecule is CCCN(C)CCN(CC)c1ccc(CC)cc1. The maximum absolute atomic E-state index is 2.45. The van der Waals surface area contributed by atoms with Gasteiger partial charge in [0.15, 0.2) is 0 Å². The summed E-state index contributed by atoms with van der Waals surface area (Å²) in [6.45, 7) is 11.2. The molecule has 0 N–H and O–H groups in total. The quantitative estimate of drug-likeness (QED) is 0.695. The van der Waals surface area contributed by atoms with Crippen LogP contribution in [0.15, 0.2) is 24.3 Å². The Bertz CT molecular complexity index is 318. The molecule has 2 nitrogen and oxygen atoms in total. The molecule has 0 aliphatic rings. The smallest absolute Gasteiger partial charge is 0.0366 e. The van der Waals surface area contributed by atoms with Crippen molar-refractivity contribution in [1.29, 1.82) is 0 Å². The summed E-state index contributed by atoms with van der Waals surface area (Å²) < 4.78 is 0. The van der Waals surface area contributed by atoms with Gasteiger partial charge in [-0.05, 0) is 51.1 Å². The van der Waals surface area contributed by atoms with E-state index in [9.17, 15) is 0 Å². The molecule has 0 spiro atoms. The van der Waals surface area contributed by atoms with E-state index < -0.39 is 0 Å². The highest BCUT2D eigenvalue weighted by atomic mass is 15.2. The third-order valence-corrected chi connectivity index (χ3v) is 3.45. The molecule has 1 aromatic rings. The first-order valence-corrected chi connectivity index (χ1v) is 7.23. The second-order valence-corrected chi connectivity index (χ2v) is 4.90. The Morgan fingerprint density at radius 1 is 0.889 bits per heavy atom. The fraction of sp³-hybridized carbons (Fsp3) is 0.625. The molecule has 2 heteroatoms. The Kier molecular flexibility index (Phi) is 6.81. The summed E-state index contributed by atoms with van der Waals surface area (Å²) in [5.41, 5.74) is 2.76. The van der Waals surface area contributed by atoms with Crippen LogP contribution >= 0.6 is 0 Å². The fourth-order valence-corrected chi connectivity index (χ4v) is 2.20.